The molecule has 0 bridgehead atoms. The fourth-order valence-electron chi connectivity index (χ4n) is 1.55. The molecule has 17 heavy (non-hydrogen) atoms. The lowest BCUT2D eigenvalue weighted by Crippen LogP contribution is -2.16. The molecule has 1 aliphatic rings. The highest BCUT2D eigenvalue weighted by atomic mass is 79.9. The van der Waals surface area contributed by atoms with Gasteiger partial charge in [0.25, 0.3) is 0 Å². The summed E-state index contributed by atoms with van der Waals surface area (Å²) in [4.78, 5) is 0. The summed E-state index contributed by atoms with van der Waals surface area (Å²) in [6, 6.07) is 6.50. The van der Waals surface area contributed by atoms with E-state index in [1.54, 1.807) is 0 Å². The molecular formula is C13H15BrClNO. The van der Waals surface area contributed by atoms with E-state index in [2.05, 4.69) is 27.8 Å². The molecule has 1 aliphatic carbocycles. The van der Waals surface area contributed by atoms with Gasteiger partial charge in [0.15, 0.2) is 0 Å². The molecule has 0 saturated heterocycles. The smallest absolute Gasteiger partial charge is 0.142 e. The molecule has 2 rings (SSSR count). The number of ether oxygens (including phenoxy) is 1. The molecule has 1 saturated carbocycles. The monoisotopic (exact) mass is 315 g/mol. The molecular weight excluding hydrogens is 302 g/mol. The van der Waals surface area contributed by atoms with Gasteiger partial charge in [0, 0.05) is 22.6 Å². The van der Waals surface area contributed by atoms with Crippen LogP contribution in [-0.4, -0.2) is 12.6 Å². The number of hydrogen-bond donors (Lipinski definition) is 1. The topological polar surface area (TPSA) is 21.3 Å². The molecule has 2 nitrogen and oxygen atoms in total. The van der Waals surface area contributed by atoms with Crippen molar-refractivity contribution in [3.05, 3.63) is 39.8 Å². The molecule has 0 radical (unpaired) electrons. The Hall–Kier alpha value is -0.510. The molecule has 1 aromatic carbocycles. The fourth-order valence-corrected chi connectivity index (χ4v) is 1.91. The predicted octanol–water partition coefficient (Wildman–Crippen LogP) is 3.88. The standard InChI is InChI=1S/C13H15BrClNO/c1-9(14)8-17-13-10(3-2-4-12(13)15)7-16-11-5-6-11/h2-4,11,16H,1,5-8H2. The van der Waals surface area contributed by atoms with Gasteiger partial charge in [-0.05, 0) is 18.9 Å². The van der Waals surface area contributed by atoms with Crippen LogP contribution in [0.25, 0.3) is 0 Å². The van der Waals surface area contributed by atoms with Gasteiger partial charge in [0.2, 0.25) is 0 Å². The van der Waals surface area contributed by atoms with Crippen molar-refractivity contribution < 1.29 is 4.74 Å². The van der Waals surface area contributed by atoms with E-state index in [0.717, 1.165) is 22.3 Å². The zero-order valence-corrected chi connectivity index (χ0v) is 11.9. The first-order valence-electron chi connectivity index (χ1n) is 5.63. The van der Waals surface area contributed by atoms with E-state index < -0.39 is 0 Å². The van der Waals surface area contributed by atoms with Crippen molar-refractivity contribution in [3.8, 4) is 5.75 Å². The highest BCUT2D eigenvalue weighted by Gasteiger charge is 2.21. The van der Waals surface area contributed by atoms with E-state index in [9.17, 15) is 0 Å². The first-order chi connectivity index (χ1) is 8.16. The molecule has 0 heterocycles. The summed E-state index contributed by atoms with van der Waals surface area (Å²) >= 11 is 9.42. The third-order valence-corrected chi connectivity index (χ3v) is 3.11. The summed E-state index contributed by atoms with van der Waals surface area (Å²) < 4.78 is 6.47. The van der Waals surface area contributed by atoms with Crippen LogP contribution >= 0.6 is 27.5 Å². The van der Waals surface area contributed by atoms with Crippen molar-refractivity contribution in [2.45, 2.75) is 25.4 Å². The quantitative estimate of drug-likeness (QED) is 0.860. The molecule has 1 aromatic rings. The number of nitrogens with one attached hydrogen (secondary N) is 1. The lowest BCUT2D eigenvalue weighted by molar-refractivity contribution is 0.356. The maximum absolute atomic E-state index is 6.15. The Morgan fingerprint density at radius 2 is 2.29 bits per heavy atom. The minimum atomic E-state index is 0.431. The molecule has 0 aliphatic heterocycles. The van der Waals surface area contributed by atoms with Crippen LogP contribution in [0.1, 0.15) is 18.4 Å². The Labute approximate surface area is 115 Å². The van der Waals surface area contributed by atoms with Gasteiger partial charge in [0.05, 0.1) is 5.02 Å². The van der Waals surface area contributed by atoms with Crippen molar-refractivity contribution in [3.63, 3.8) is 0 Å². The van der Waals surface area contributed by atoms with Crippen LogP contribution < -0.4 is 10.1 Å². The van der Waals surface area contributed by atoms with E-state index in [0.29, 0.717) is 17.7 Å². The molecule has 92 valence electrons. The number of para-hydroxylation sites is 1. The Morgan fingerprint density at radius 3 is 2.94 bits per heavy atom. The van der Waals surface area contributed by atoms with Gasteiger partial charge in [0.1, 0.15) is 12.4 Å². The number of halogens is 2. The van der Waals surface area contributed by atoms with Crippen LogP contribution in [0, 0.1) is 0 Å². The molecule has 0 amide bonds. The third-order valence-electron chi connectivity index (χ3n) is 2.58. The summed E-state index contributed by atoms with van der Waals surface area (Å²) in [6.07, 6.45) is 2.55. The number of rotatable bonds is 6. The molecule has 0 atom stereocenters. The van der Waals surface area contributed by atoms with E-state index in [4.69, 9.17) is 16.3 Å². The molecule has 0 spiro atoms. The van der Waals surface area contributed by atoms with Gasteiger partial charge in [-0.2, -0.15) is 0 Å². The van der Waals surface area contributed by atoms with Gasteiger partial charge in [-0.15, -0.1) is 0 Å². The summed E-state index contributed by atoms with van der Waals surface area (Å²) in [5.74, 6) is 0.753. The molecule has 1 fully saturated rings. The van der Waals surface area contributed by atoms with Gasteiger partial charge in [-0.1, -0.05) is 46.2 Å². The van der Waals surface area contributed by atoms with E-state index in [1.807, 2.05) is 18.2 Å². The highest BCUT2D eigenvalue weighted by Crippen LogP contribution is 2.30. The summed E-state index contributed by atoms with van der Waals surface area (Å²) in [6.45, 7) is 4.98. The number of benzene rings is 1. The van der Waals surface area contributed by atoms with E-state index >= 15 is 0 Å². The Morgan fingerprint density at radius 1 is 1.53 bits per heavy atom. The summed E-state index contributed by atoms with van der Waals surface area (Å²) in [5.41, 5.74) is 1.10. The van der Waals surface area contributed by atoms with Gasteiger partial charge < -0.3 is 10.1 Å². The maximum atomic E-state index is 6.15. The summed E-state index contributed by atoms with van der Waals surface area (Å²) in [7, 11) is 0. The molecule has 4 heteroatoms. The fraction of sp³-hybridized carbons (Fsp3) is 0.385. The lowest BCUT2D eigenvalue weighted by Gasteiger charge is -2.13. The van der Waals surface area contributed by atoms with Gasteiger partial charge >= 0.3 is 0 Å². The van der Waals surface area contributed by atoms with Crippen LogP contribution in [-0.2, 0) is 6.54 Å². The average Bonchev–Trinajstić information content (AvgIpc) is 3.08. The Kier molecular flexibility index (Phi) is 4.48. The molecule has 0 unspecified atom stereocenters. The SMILES string of the molecule is C=C(Br)COc1c(Cl)cccc1CNC1CC1. The lowest BCUT2D eigenvalue weighted by atomic mass is 10.2. The Balaban J connectivity index is 2.05. The minimum absolute atomic E-state index is 0.431. The zero-order chi connectivity index (χ0) is 12.3. The van der Waals surface area contributed by atoms with Crippen LogP contribution in [0.4, 0.5) is 0 Å². The second kappa shape index (κ2) is 5.89. The van der Waals surface area contributed by atoms with Crippen molar-refractivity contribution in [2.24, 2.45) is 0 Å². The summed E-state index contributed by atoms with van der Waals surface area (Å²) in [5, 5.41) is 4.10. The van der Waals surface area contributed by atoms with Crippen LogP contribution in [0.3, 0.4) is 0 Å². The first-order valence-corrected chi connectivity index (χ1v) is 6.81. The highest BCUT2D eigenvalue weighted by molar-refractivity contribution is 9.11. The van der Waals surface area contributed by atoms with Crippen molar-refractivity contribution >= 4 is 27.5 Å². The molecule has 0 aromatic heterocycles. The van der Waals surface area contributed by atoms with Crippen molar-refractivity contribution in [2.75, 3.05) is 6.61 Å². The van der Waals surface area contributed by atoms with Crippen LogP contribution in [0.5, 0.6) is 5.75 Å². The van der Waals surface area contributed by atoms with E-state index in [-0.39, 0.29) is 0 Å². The number of hydrogen-bond acceptors (Lipinski definition) is 2. The second-order valence-electron chi connectivity index (χ2n) is 4.19. The molecule has 1 N–H and O–H groups in total. The normalized spacial score (nSPS) is 14.7. The van der Waals surface area contributed by atoms with E-state index in [1.165, 1.54) is 12.8 Å². The second-order valence-corrected chi connectivity index (χ2v) is 5.72. The first kappa shape index (κ1) is 12.9. The zero-order valence-electron chi connectivity index (χ0n) is 9.51. The van der Waals surface area contributed by atoms with Gasteiger partial charge in [-0.3, -0.25) is 0 Å². The van der Waals surface area contributed by atoms with Crippen LogP contribution in [0.15, 0.2) is 29.3 Å². The van der Waals surface area contributed by atoms with Gasteiger partial charge in [-0.25, -0.2) is 0 Å². The van der Waals surface area contributed by atoms with Crippen LogP contribution in [0.2, 0.25) is 5.02 Å². The van der Waals surface area contributed by atoms with Crippen molar-refractivity contribution in [1.82, 2.24) is 5.32 Å². The average molecular weight is 317 g/mol. The van der Waals surface area contributed by atoms with Crippen molar-refractivity contribution in [1.29, 1.82) is 0 Å². The minimum Gasteiger partial charge on any atom is -0.486 e. The Bertz CT molecular complexity index is 418. The third kappa shape index (κ3) is 4.02. The predicted molar refractivity (Wildman–Crippen MR) is 74.9 cm³/mol. The largest absolute Gasteiger partial charge is 0.486 e. The maximum Gasteiger partial charge on any atom is 0.142 e.